The first-order valence-electron chi connectivity index (χ1n) is 3.96. The Morgan fingerprint density at radius 1 is 1.46 bits per heavy atom. The number of nitrogens with zero attached hydrogens (tertiary/aromatic N) is 1. The molecule has 1 unspecified atom stereocenters. The van der Waals surface area contributed by atoms with Crippen LogP contribution in [0.2, 0.25) is 0 Å². The fourth-order valence-corrected chi connectivity index (χ4v) is 2.78. The lowest BCUT2D eigenvalue weighted by Crippen LogP contribution is -2.25. The van der Waals surface area contributed by atoms with E-state index in [0.717, 1.165) is 5.71 Å². The second-order valence-corrected chi connectivity index (χ2v) is 5.52. The molecule has 0 amide bonds. The highest BCUT2D eigenvalue weighted by Gasteiger charge is 2.27. The van der Waals surface area contributed by atoms with E-state index < -0.39 is 9.84 Å². The van der Waals surface area contributed by atoms with Crippen LogP contribution in [0.1, 0.15) is 20.3 Å². The van der Waals surface area contributed by atoms with Gasteiger partial charge in [0.2, 0.25) is 0 Å². The molecular formula is C7H15ClN2O2S. The first kappa shape index (κ1) is 12.7. The summed E-state index contributed by atoms with van der Waals surface area (Å²) in [6, 6.07) is 0.0184. The zero-order chi connectivity index (χ0) is 9.19. The van der Waals surface area contributed by atoms with Crippen molar-refractivity contribution in [3.63, 3.8) is 0 Å². The van der Waals surface area contributed by atoms with Crippen molar-refractivity contribution in [2.24, 2.45) is 5.10 Å². The molecule has 0 aliphatic carbocycles. The summed E-state index contributed by atoms with van der Waals surface area (Å²) in [4.78, 5) is 0. The number of hydrazone groups is 1. The van der Waals surface area contributed by atoms with E-state index in [0.29, 0.717) is 12.2 Å². The monoisotopic (exact) mass is 226 g/mol. The van der Waals surface area contributed by atoms with Crippen molar-refractivity contribution >= 4 is 28.0 Å². The van der Waals surface area contributed by atoms with E-state index in [4.69, 9.17) is 0 Å². The first-order chi connectivity index (χ1) is 5.49. The van der Waals surface area contributed by atoms with Gasteiger partial charge >= 0.3 is 0 Å². The summed E-state index contributed by atoms with van der Waals surface area (Å²) in [5, 5.41) is 3.97. The molecule has 1 atom stereocenters. The molecule has 1 saturated heterocycles. The molecule has 0 radical (unpaired) electrons. The third-order valence-corrected chi connectivity index (χ3v) is 3.47. The minimum Gasteiger partial charge on any atom is -0.306 e. The lowest BCUT2D eigenvalue weighted by Gasteiger charge is -2.06. The second-order valence-electron chi connectivity index (χ2n) is 3.29. The molecule has 1 heterocycles. The summed E-state index contributed by atoms with van der Waals surface area (Å²) in [5.74, 6) is 0.521. The van der Waals surface area contributed by atoms with Gasteiger partial charge in [0.25, 0.3) is 0 Å². The van der Waals surface area contributed by atoms with Crippen molar-refractivity contribution < 1.29 is 8.42 Å². The molecule has 13 heavy (non-hydrogen) atoms. The quantitative estimate of drug-likeness (QED) is 0.554. The molecule has 0 aromatic carbocycles. The van der Waals surface area contributed by atoms with E-state index in [1.807, 2.05) is 13.8 Å². The number of rotatable bonds is 2. The summed E-state index contributed by atoms with van der Waals surface area (Å²) in [6.07, 6.45) is 0.680. The minimum absolute atomic E-state index is 0. The van der Waals surface area contributed by atoms with Gasteiger partial charge in [0.15, 0.2) is 9.84 Å². The average Bonchev–Trinajstić information content (AvgIpc) is 2.26. The highest BCUT2D eigenvalue weighted by atomic mass is 35.5. The SMILES string of the molecule is CC(C)=NNC1CCS(=O)(=O)C1.Cl. The van der Waals surface area contributed by atoms with Crippen LogP contribution in [0.3, 0.4) is 0 Å². The zero-order valence-corrected chi connectivity index (χ0v) is 9.41. The van der Waals surface area contributed by atoms with Crippen LogP contribution < -0.4 is 5.43 Å². The van der Waals surface area contributed by atoms with Crippen molar-refractivity contribution in [3.8, 4) is 0 Å². The molecule has 1 N–H and O–H groups in total. The molecule has 78 valence electrons. The number of hydrogen-bond donors (Lipinski definition) is 1. The molecule has 0 aromatic rings. The van der Waals surface area contributed by atoms with Crippen LogP contribution >= 0.6 is 12.4 Å². The average molecular weight is 227 g/mol. The smallest absolute Gasteiger partial charge is 0.152 e. The first-order valence-corrected chi connectivity index (χ1v) is 5.78. The van der Waals surface area contributed by atoms with Crippen LogP contribution in [0.25, 0.3) is 0 Å². The number of nitrogens with one attached hydrogen (secondary N) is 1. The summed E-state index contributed by atoms with van der Waals surface area (Å²) in [6.45, 7) is 3.74. The Morgan fingerprint density at radius 2 is 2.08 bits per heavy atom. The molecule has 1 rings (SSSR count). The summed E-state index contributed by atoms with van der Waals surface area (Å²) in [5.41, 5.74) is 3.76. The van der Waals surface area contributed by atoms with Gasteiger partial charge in [-0.3, -0.25) is 0 Å². The van der Waals surface area contributed by atoms with Crippen LogP contribution in [-0.4, -0.2) is 31.7 Å². The minimum atomic E-state index is -2.78. The summed E-state index contributed by atoms with van der Waals surface area (Å²) >= 11 is 0. The van der Waals surface area contributed by atoms with Crippen molar-refractivity contribution in [1.29, 1.82) is 0 Å². The third-order valence-electron chi connectivity index (χ3n) is 1.70. The highest BCUT2D eigenvalue weighted by molar-refractivity contribution is 7.91. The Balaban J connectivity index is 0.00000144. The fourth-order valence-electron chi connectivity index (χ4n) is 1.12. The maximum atomic E-state index is 11.0. The van der Waals surface area contributed by atoms with E-state index in [2.05, 4.69) is 10.5 Å². The van der Waals surface area contributed by atoms with Gasteiger partial charge in [-0.05, 0) is 20.3 Å². The lowest BCUT2D eigenvalue weighted by molar-refractivity contribution is 0.576. The summed E-state index contributed by atoms with van der Waals surface area (Å²) in [7, 11) is -2.78. The molecule has 1 aliphatic heterocycles. The van der Waals surface area contributed by atoms with E-state index in [9.17, 15) is 8.42 Å². The van der Waals surface area contributed by atoms with Gasteiger partial charge in [-0.25, -0.2) is 8.42 Å². The van der Waals surface area contributed by atoms with Crippen LogP contribution in [0.5, 0.6) is 0 Å². The molecule has 1 aliphatic rings. The zero-order valence-electron chi connectivity index (χ0n) is 7.78. The van der Waals surface area contributed by atoms with Crippen LogP contribution in [0.15, 0.2) is 5.10 Å². The van der Waals surface area contributed by atoms with Gasteiger partial charge in [-0.1, -0.05) is 0 Å². The largest absolute Gasteiger partial charge is 0.306 e. The van der Waals surface area contributed by atoms with E-state index in [1.165, 1.54) is 0 Å². The molecule has 0 bridgehead atoms. The van der Waals surface area contributed by atoms with Gasteiger partial charge in [-0.2, -0.15) is 5.10 Å². The summed E-state index contributed by atoms with van der Waals surface area (Å²) < 4.78 is 22.0. The van der Waals surface area contributed by atoms with Gasteiger partial charge in [0.05, 0.1) is 17.5 Å². The Labute approximate surface area is 85.1 Å². The molecular weight excluding hydrogens is 212 g/mol. The molecule has 0 aromatic heterocycles. The standard InChI is InChI=1S/C7H14N2O2S.ClH/c1-6(2)8-9-7-3-4-12(10,11)5-7;/h7,9H,3-5H2,1-2H3;1H. The number of hydrogen-bond acceptors (Lipinski definition) is 4. The Hall–Kier alpha value is -0.290. The van der Waals surface area contributed by atoms with Crippen molar-refractivity contribution in [2.75, 3.05) is 11.5 Å². The Morgan fingerprint density at radius 3 is 2.46 bits per heavy atom. The van der Waals surface area contributed by atoms with Crippen LogP contribution in [0.4, 0.5) is 0 Å². The van der Waals surface area contributed by atoms with E-state index in [-0.39, 0.29) is 24.2 Å². The Kier molecular flexibility index (Phi) is 4.70. The predicted octanol–water partition coefficient (Wildman–Crippen LogP) is 0.581. The van der Waals surface area contributed by atoms with Gasteiger partial charge in [0.1, 0.15) is 0 Å². The highest BCUT2D eigenvalue weighted by Crippen LogP contribution is 2.10. The molecule has 6 heteroatoms. The van der Waals surface area contributed by atoms with Gasteiger partial charge in [-0.15, -0.1) is 12.4 Å². The van der Waals surface area contributed by atoms with Crippen LogP contribution in [0, 0.1) is 0 Å². The van der Waals surface area contributed by atoms with Crippen LogP contribution in [-0.2, 0) is 9.84 Å². The maximum absolute atomic E-state index is 11.0. The normalized spacial score (nSPS) is 24.6. The number of halogens is 1. The lowest BCUT2D eigenvalue weighted by atomic mass is 10.3. The molecule has 1 fully saturated rings. The predicted molar refractivity (Wildman–Crippen MR) is 56.2 cm³/mol. The topological polar surface area (TPSA) is 58.5 Å². The molecule has 0 spiro atoms. The van der Waals surface area contributed by atoms with Crippen molar-refractivity contribution in [1.82, 2.24) is 5.43 Å². The van der Waals surface area contributed by atoms with Crippen molar-refractivity contribution in [3.05, 3.63) is 0 Å². The molecule has 0 saturated carbocycles. The van der Waals surface area contributed by atoms with E-state index in [1.54, 1.807) is 0 Å². The third kappa shape index (κ3) is 4.47. The Bertz CT molecular complexity index is 283. The fraction of sp³-hybridized carbons (Fsp3) is 0.857. The van der Waals surface area contributed by atoms with E-state index >= 15 is 0 Å². The number of sulfone groups is 1. The van der Waals surface area contributed by atoms with Crippen molar-refractivity contribution in [2.45, 2.75) is 26.3 Å². The molecule has 4 nitrogen and oxygen atoms in total. The maximum Gasteiger partial charge on any atom is 0.152 e. The van der Waals surface area contributed by atoms with Gasteiger partial charge in [0, 0.05) is 5.71 Å². The van der Waals surface area contributed by atoms with Gasteiger partial charge < -0.3 is 5.43 Å². The second kappa shape index (κ2) is 4.81.